The van der Waals surface area contributed by atoms with Crippen molar-refractivity contribution in [3.63, 3.8) is 0 Å². The van der Waals surface area contributed by atoms with E-state index < -0.39 is 41.4 Å². The van der Waals surface area contributed by atoms with E-state index in [9.17, 15) is 29.0 Å². The van der Waals surface area contributed by atoms with E-state index in [0.29, 0.717) is 0 Å². The number of nitrogens with zero attached hydrogens (tertiary/aromatic N) is 1. The van der Waals surface area contributed by atoms with Gasteiger partial charge in [-0.05, 0) is 44.5 Å². The Kier molecular flexibility index (Phi) is 4.02. The summed E-state index contributed by atoms with van der Waals surface area (Å²) >= 11 is 0. The topological polar surface area (TPSA) is 104 Å². The summed E-state index contributed by atoms with van der Waals surface area (Å²) in [4.78, 5) is 36.1. The minimum absolute atomic E-state index is 0.0143. The maximum absolute atomic E-state index is 13.5. The van der Waals surface area contributed by atoms with E-state index >= 15 is 0 Å². The van der Waals surface area contributed by atoms with Crippen LogP contribution >= 0.6 is 0 Å². The number of fused-ring (bicyclic) bond motifs is 1. The molecule has 1 heterocycles. The molecule has 1 aliphatic rings. The van der Waals surface area contributed by atoms with Gasteiger partial charge in [-0.2, -0.15) is 0 Å². The van der Waals surface area contributed by atoms with Gasteiger partial charge in [-0.15, -0.1) is 0 Å². The Morgan fingerprint density at radius 3 is 2.26 bits per heavy atom. The van der Waals surface area contributed by atoms with Crippen LogP contribution in [0.5, 0.6) is 0 Å². The summed E-state index contributed by atoms with van der Waals surface area (Å²) in [5, 5.41) is 18.7. The van der Waals surface area contributed by atoms with Gasteiger partial charge in [0.15, 0.2) is 6.04 Å². The monoisotopic (exact) mass is 325 g/mol. The van der Waals surface area contributed by atoms with Crippen molar-refractivity contribution in [2.24, 2.45) is 0 Å². The molecular formula is C15H16FNO6. The Hall–Kier alpha value is -2.64. The van der Waals surface area contributed by atoms with Crippen molar-refractivity contribution in [1.82, 2.24) is 0 Å². The molecule has 0 bridgehead atoms. The second-order valence-corrected chi connectivity index (χ2v) is 6.15. The molecule has 2 rings (SSSR count). The van der Waals surface area contributed by atoms with E-state index in [-0.39, 0.29) is 11.3 Å². The standard InChI is InChI=1S/C15H16FNO6/c1-15(2,3)23-14(22)17-9-5-4-7(16)6-8(9)10(12(18)19)11(17)13(20)21/h4-6,10-11H,1-3H3,(H,18,19)(H,20,21)/t10-,11-/m0/s1. The number of ether oxygens (including phenoxy) is 1. The Morgan fingerprint density at radius 2 is 1.78 bits per heavy atom. The molecule has 1 aromatic carbocycles. The van der Waals surface area contributed by atoms with Crippen LogP contribution in [0.3, 0.4) is 0 Å². The molecule has 0 spiro atoms. The Balaban J connectivity index is 2.58. The van der Waals surface area contributed by atoms with Gasteiger partial charge in [0.2, 0.25) is 0 Å². The minimum Gasteiger partial charge on any atom is -0.481 e. The van der Waals surface area contributed by atoms with Gasteiger partial charge in [0.1, 0.15) is 17.3 Å². The van der Waals surface area contributed by atoms with Gasteiger partial charge in [-0.3, -0.25) is 9.69 Å². The third-order valence-corrected chi connectivity index (χ3v) is 3.29. The van der Waals surface area contributed by atoms with Crippen LogP contribution < -0.4 is 4.90 Å². The molecule has 1 aliphatic heterocycles. The smallest absolute Gasteiger partial charge is 0.415 e. The summed E-state index contributed by atoms with van der Waals surface area (Å²) in [7, 11) is 0. The summed E-state index contributed by atoms with van der Waals surface area (Å²) < 4.78 is 18.6. The Bertz CT molecular complexity index is 681. The van der Waals surface area contributed by atoms with Crippen molar-refractivity contribution in [1.29, 1.82) is 0 Å². The molecule has 0 aromatic heterocycles. The van der Waals surface area contributed by atoms with Gasteiger partial charge in [-0.25, -0.2) is 14.0 Å². The number of hydrogen-bond donors (Lipinski definition) is 2. The lowest BCUT2D eigenvalue weighted by Gasteiger charge is -2.28. The number of carbonyl (C=O) groups is 3. The normalized spacial score (nSPS) is 20.1. The fraction of sp³-hybridized carbons (Fsp3) is 0.400. The maximum atomic E-state index is 13.5. The molecule has 2 atom stereocenters. The largest absolute Gasteiger partial charge is 0.481 e. The zero-order chi connectivity index (χ0) is 17.5. The number of halogens is 1. The predicted octanol–water partition coefficient (Wildman–Crippen LogP) is 2.20. The van der Waals surface area contributed by atoms with Gasteiger partial charge in [0, 0.05) is 0 Å². The molecule has 7 nitrogen and oxygen atoms in total. The maximum Gasteiger partial charge on any atom is 0.415 e. The number of anilines is 1. The number of carboxylic acids is 2. The highest BCUT2D eigenvalue weighted by Crippen LogP contribution is 2.42. The van der Waals surface area contributed by atoms with Crippen molar-refractivity contribution in [2.75, 3.05) is 4.90 Å². The fourth-order valence-corrected chi connectivity index (χ4v) is 2.51. The van der Waals surface area contributed by atoms with E-state index in [1.54, 1.807) is 20.8 Å². The number of aliphatic carboxylic acids is 2. The molecular weight excluding hydrogens is 309 g/mol. The second kappa shape index (κ2) is 5.53. The number of benzene rings is 1. The lowest BCUT2D eigenvalue weighted by molar-refractivity contribution is -0.146. The van der Waals surface area contributed by atoms with Gasteiger partial charge in [-0.1, -0.05) is 0 Å². The summed E-state index contributed by atoms with van der Waals surface area (Å²) in [6.07, 6.45) is -0.999. The van der Waals surface area contributed by atoms with Crippen molar-refractivity contribution in [2.45, 2.75) is 38.3 Å². The van der Waals surface area contributed by atoms with E-state index in [1.807, 2.05) is 0 Å². The highest BCUT2D eigenvalue weighted by atomic mass is 19.1. The molecule has 0 fully saturated rings. The molecule has 2 N–H and O–H groups in total. The van der Waals surface area contributed by atoms with Gasteiger partial charge in [0.05, 0.1) is 5.69 Å². The lowest BCUT2D eigenvalue weighted by atomic mass is 9.95. The molecule has 1 aromatic rings. The first-order valence-corrected chi connectivity index (χ1v) is 6.80. The van der Waals surface area contributed by atoms with Crippen LogP contribution in [0.1, 0.15) is 32.3 Å². The van der Waals surface area contributed by atoms with Crippen molar-refractivity contribution >= 4 is 23.7 Å². The average molecular weight is 325 g/mol. The van der Waals surface area contributed by atoms with Crippen LogP contribution in [0.15, 0.2) is 18.2 Å². The number of carbonyl (C=O) groups excluding carboxylic acids is 1. The first kappa shape index (κ1) is 16.7. The molecule has 0 unspecified atom stereocenters. The number of carboxylic acid groups (broad SMARTS) is 2. The van der Waals surface area contributed by atoms with Crippen LogP contribution in [-0.2, 0) is 14.3 Å². The molecule has 8 heteroatoms. The predicted molar refractivity (Wildman–Crippen MR) is 76.9 cm³/mol. The highest BCUT2D eigenvalue weighted by Gasteiger charge is 2.51. The SMILES string of the molecule is CC(C)(C)OC(=O)N1c2ccc(F)cc2[C@H](C(=O)O)[C@H]1C(=O)O. The molecule has 0 radical (unpaired) electrons. The zero-order valence-corrected chi connectivity index (χ0v) is 12.7. The van der Waals surface area contributed by atoms with E-state index in [0.717, 1.165) is 17.0 Å². The molecule has 0 saturated heterocycles. The number of hydrogen-bond acceptors (Lipinski definition) is 4. The summed E-state index contributed by atoms with van der Waals surface area (Å²) in [6, 6.07) is 1.42. The van der Waals surface area contributed by atoms with Crippen LogP contribution in [-0.4, -0.2) is 39.9 Å². The highest BCUT2D eigenvalue weighted by molar-refractivity contribution is 6.04. The third-order valence-electron chi connectivity index (χ3n) is 3.29. The molecule has 23 heavy (non-hydrogen) atoms. The first-order valence-electron chi connectivity index (χ1n) is 6.80. The first-order chi connectivity index (χ1) is 10.5. The van der Waals surface area contributed by atoms with Crippen molar-refractivity contribution in [3.05, 3.63) is 29.6 Å². The van der Waals surface area contributed by atoms with Crippen LogP contribution in [0.4, 0.5) is 14.9 Å². The average Bonchev–Trinajstić information content (AvgIpc) is 2.70. The van der Waals surface area contributed by atoms with E-state index in [2.05, 4.69) is 0 Å². The molecule has 124 valence electrons. The van der Waals surface area contributed by atoms with Crippen LogP contribution in [0, 0.1) is 5.82 Å². The summed E-state index contributed by atoms with van der Waals surface area (Å²) in [5.74, 6) is -5.27. The van der Waals surface area contributed by atoms with Gasteiger partial charge >= 0.3 is 18.0 Å². The Morgan fingerprint density at radius 1 is 1.17 bits per heavy atom. The molecule has 0 aliphatic carbocycles. The van der Waals surface area contributed by atoms with Crippen molar-refractivity contribution in [3.8, 4) is 0 Å². The third kappa shape index (κ3) is 3.10. The van der Waals surface area contributed by atoms with E-state index in [4.69, 9.17) is 4.74 Å². The Labute approximate surface area is 131 Å². The number of amides is 1. The van der Waals surface area contributed by atoms with Crippen LogP contribution in [0.2, 0.25) is 0 Å². The van der Waals surface area contributed by atoms with Crippen LogP contribution in [0.25, 0.3) is 0 Å². The lowest BCUT2D eigenvalue weighted by Crippen LogP contribution is -2.48. The van der Waals surface area contributed by atoms with Crippen molar-refractivity contribution < 1.29 is 33.7 Å². The zero-order valence-electron chi connectivity index (χ0n) is 12.7. The number of rotatable bonds is 2. The quantitative estimate of drug-likeness (QED) is 0.864. The molecule has 1 amide bonds. The molecule has 0 saturated carbocycles. The fourth-order valence-electron chi connectivity index (χ4n) is 2.51. The van der Waals surface area contributed by atoms with E-state index in [1.165, 1.54) is 6.07 Å². The van der Waals surface area contributed by atoms with Gasteiger partial charge in [0.25, 0.3) is 0 Å². The van der Waals surface area contributed by atoms with Gasteiger partial charge < -0.3 is 14.9 Å². The summed E-state index contributed by atoms with van der Waals surface area (Å²) in [5.41, 5.74) is -0.960. The minimum atomic E-state index is -1.71. The summed E-state index contributed by atoms with van der Waals surface area (Å²) in [6.45, 7) is 4.78. The second-order valence-electron chi connectivity index (χ2n) is 6.15.